The largest absolute Gasteiger partial charge is 0.466 e. The van der Waals surface area contributed by atoms with Crippen LogP contribution in [0.2, 0.25) is 0 Å². The molecule has 0 aliphatic carbocycles. The summed E-state index contributed by atoms with van der Waals surface area (Å²) in [5.74, 6) is -0.249. The van der Waals surface area contributed by atoms with Gasteiger partial charge >= 0.3 is 5.97 Å². The van der Waals surface area contributed by atoms with E-state index in [9.17, 15) is 4.79 Å². The van der Waals surface area contributed by atoms with Gasteiger partial charge in [0.2, 0.25) is 0 Å². The summed E-state index contributed by atoms with van der Waals surface area (Å²) in [4.78, 5) is 11.1. The Morgan fingerprint density at radius 1 is 0.537 bits per heavy atom. The third-order valence-corrected chi connectivity index (χ3v) is 5.40. The normalized spacial score (nSPS) is 15.4. The van der Waals surface area contributed by atoms with E-state index in [0.717, 1.165) is 25.9 Å². The number of hydrogen-bond donors (Lipinski definition) is 0. The van der Waals surface area contributed by atoms with Crippen molar-refractivity contribution in [3.05, 3.63) is 0 Å². The van der Waals surface area contributed by atoms with Gasteiger partial charge in [0, 0.05) is 6.61 Å². The van der Waals surface area contributed by atoms with Crippen LogP contribution in [-0.4, -0.2) is 151 Å². The van der Waals surface area contributed by atoms with Gasteiger partial charge in [-0.1, -0.05) is 0 Å². The molecule has 0 amide bonds. The summed E-state index contributed by atoms with van der Waals surface area (Å²) in [5, 5.41) is 0. The molecule has 1 atom stereocenters. The van der Waals surface area contributed by atoms with Crippen LogP contribution in [0.15, 0.2) is 0 Å². The molecule has 244 valence electrons. The number of ether oxygens (including phenoxy) is 12. The van der Waals surface area contributed by atoms with Crippen molar-refractivity contribution >= 4 is 5.97 Å². The summed E-state index contributed by atoms with van der Waals surface area (Å²) in [7, 11) is 0. The minimum absolute atomic E-state index is 0.0669. The first-order valence-corrected chi connectivity index (χ1v) is 14.9. The lowest BCUT2D eigenvalue weighted by molar-refractivity contribution is -0.169. The average Bonchev–Trinajstić information content (AvgIpc) is 2.99. The van der Waals surface area contributed by atoms with Gasteiger partial charge in [-0.15, -0.1) is 0 Å². The maximum atomic E-state index is 11.1. The van der Waals surface area contributed by atoms with Crippen LogP contribution in [0.1, 0.15) is 32.6 Å². The highest BCUT2D eigenvalue weighted by molar-refractivity contribution is 5.69. The summed E-state index contributed by atoms with van der Waals surface area (Å²) in [6.07, 6.45) is 3.44. The standard InChI is InChI=1S/C28H54O13/c1-2-39-27(29)6-8-30-9-10-31-11-12-32-13-14-33-15-16-34-17-18-35-19-20-36-21-22-37-23-24-38-25-26-41-28-5-3-4-7-40-28/h28H,2-26H2,1H3. The van der Waals surface area contributed by atoms with Crippen molar-refractivity contribution in [1.29, 1.82) is 0 Å². The monoisotopic (exact) mass is 598 g/mol. The van der Waals surface area contributed by atoms with E-state index in [1.807, 2.05) is 0 Å². The molecule has 0 bridgehead atoms. The lowest BCUT2D eigenvalue weighted by Crippen LogP contribution is -2.24. The van der Waals surface area contributed by atoms with Crippen LogP contribution in [-0.2, 0) is 61.6 Å². The third-order valence-electron chi connectivity index (χ3n) is 5.40. The zero-order valence-electron chi connectivity index (χ0n) is 25.1. The van der Waals surface area contributed by atoms with Gasteiger partial charge in [-0.05, 0) is 26.2 Å². The predicted molar refractivity (Wildman–Crippen MR) is 148 cm³/mol. The molecule has 1 aliphatic rings. The topological polar surface area (TPSA) is 128 Å². The minimum atomic E-state index is -0.249. The Labute approximate surface area is 245 Å². The number of carbonyl (C=O) groups is 1. The number of rotatable bonds is 32. The Bertz CT molecular complexity index is 535. The van der Waals surface area contributed by atoms with Crippen LogP contribution in [0.5, 0.6) is 0 Å². The minimum Gasteiger partial charge on any atom is -0.466 e. The molecule has 13 heteroatoms. The van der Waals surface area contributed by atoms with Crippen LogP contribution >= 0.6 is 0 Å². The fourth-order valence-electron chi connectivity index (χ4n) is 3.33. The molecule has 0 saturated carbocycles. The van der Waals surface area contributed by atoms with Gasteiger partial charge in [0.15, 0.2) is 6.29 Å². The van der Waals surface area contributed by atoms with Crippen molar-refractivity contribution in [2.45, 2.75) is 38.9 Å². The molecular weight excluding hydrogens is 544 g/mol. The molecule has 1 aliphatic heterocycles. The summed E-state index contributed by atoms with van der Waals surface area (Å²) in [5.41, 5.74) is 0. The van der Waals surface area contributed by atoms with Gasteiger partial charge in [0.1, 0.15) is 0 Å². The van der Waals surface area contributed by atoms with Crippen molar-refractivity contribution in [1.82, 2.24) is 0 Å². The Hall–Kier alpha value is -0.970. The van der Waals surface area contributed by atoms with Gasteiger partial charge in [-0.2, -0.15) is 0 Å². The molecule has 1 rings (SSSR count). The molecule has 0 radical (unpaired) electrons. The van der Waals surface area contributed by atoms with E-state index in [1.54, 1.807) is 6.92 Å². The Balaban J connectivity index is 1.62. The molecule has 1 unspecified atom stereocenters. The van der Waals surface area contributed by atoms with E-state index in [1.165, 1.54) is 0 Å². The molecule has 0 spiro atoms. The molecule has 0 N–H and O–H groups in total. The number of carbonyl (C=O) groups excluding carboxylic acids is 1. The second-order valence-electron chi connectivity index (χ2n) is 8.73. The predicted octanol–water partition coefficient (Wildman–Crippen LogP) is 1.63. The maximum absolute atomic E-state index is 11.1. The van der Waals surface area contributed by atoms with Gasteiger partial charge < -0.3 is 56.8 Å². The van der Waals surface area contributed by atoms with E-state index >= 15 is 0 Å². The number of esters is 1. The Morgan fingerprint density at radius 2 is 0.902 bits per heavy atom. The molecule has 41 heavy (non-hydrogen) atoms. The Kier molecular flexibility index (Phi) is 29.7. The smallest absolute Gasteiger partial charge is 0.308 e. The van der Waals surface area contributed by atoms with Gasteiger partial charge in [0.25, 0.3) is 0 Å². The molecule has 1 heterocycles. The molecule has 0 aromatic carbocycles. The van der Waals surface area contributed by atoms with Crippen LogP contribution in [0, 0.1) is 0 Å². The lowest BCUT2D eigenvalue weighted by Gasteiger charge is -2.22. The van der Waals surface area contributed by atoms with Gasteiger partial charge in [-0.3, -0.25) is 4.79 Å². The summed E-state index contributed by atoms with van der Waals surface area (Å²) in [6.45, 7) is 12.4. The molecule has 0 aromatic heterocycles. The van der Waals surface area contributed by atoms with Crippen molar-refractivity contribution in [2.75, 3.05) is 139 Å². The van der Waals surface area contributed by atoms with Crippen molar-refractivity contribution < 1.29 is 61.6 Å². The summed E-state index contributed by atoms with van der Waals surface area (Å²) < 4.78 is 64.8. The summed E-state index contributed by atoms with van der Waals surface area (Å²) in [6, 6.07) is 0. The number of hydrogen-bond acceptors (Lipinski definition) is 13. The van der Waals surface area contributed by atoms with Crippen molar-refractivity contribution in [3.63, 3.8) is 0 Å². The fraction of sp³-hybridized carbons (Fsp3) is 0.964. The highest BCUT2D eigenvalue weighted by Crippen LogP contribution is 2.13. The first-order chi connectivity index (χ1) is 20.3. The second kappa shape index (κ2) is 32.0. The van der Waals surface area contributed by atoms with E-state index in [2.05, 4.69) is 0 Å². The van der Waals surface area contributed by atoms with Crippen molar-refractivity contribution in [3.8, 4) is 0 Å². The Morgan fingerprint density at radius 3 is 1.24 bits per heavy atom. The SMILES string of the molecule is CCOC(=O)CCOCCOCCOCCOCCOCCOCCOCCOCCOCCOC1CCCCO1. The highest BCUT2D eigenvalue weighted by atomic mass is 16.7. The zero-order chi connectivity index (χ0) is 29.3. The zero-order valence-corrected chi connectivity index (χ0v) is 25.1. The quantitative estimate of drug-likeness (QED) is 0.0823. The highest BCUT2D eigenvalue weighted by Gasteiger charge is 2.13. The first-order valence-electron chi connectivity index (χ1n) is 14.9. The molecule has 13 nitrogen and oxygen atoms in total. The van der Waals surface area contributed by atoms with Crippen LogP contribution in [0.25, 0.3) is 0 Å². The average molecular weight is 599 g/mol. The van der Waals surface area contributed by atoms with E-state index in [4.69, 9.17) is 56.8 Å². The van der Waals surface area contributed by atoms with E-state index in [0.29, 0.717) is 132 Å². The van der Waals surface area contributed by atoms with Crippen LogP contribution in [0.3, 0.4) is 0 Å². The van der Waals surface area contributed by atoms with E-state index in [-0.39, 0.29) is 18.7 Å². The van der Waals surface area contributed by atoms with Gasteiger partial charge in [0.05, 0.1) is 139 Å². The summed E-state index contributed by atoms with van der Waals surface area (Å²) >= 11 is 0. The molecular formula is C28H54O13. The first kappa shape index (κ1) is 38.1. The molecule has 1 fully saturated rings. The van der Waals surface area contributed by atoms with Crippen LogP contribution < -0.4 is 0 Å². The van der Waals surface area contributed by atoms with Gasteiger partial charge in [-0.25, -0.2) is 0 Å². The molecule has 1 saturated heterocycles. The maximum Gasteiger partial charge on any atom is 0.308 e. The molecule has 0 aromatic rings. The fourth-order valence-corrected chi connectivity index (χ4v) is 3.33. The lowest BCUT2D eigenvalue weighted by atomic mass is 10.2. The second-order valence-corrected chi connectivity index (χ2v) is 8.73. The van der Waals surface area contributed by atoms with E-state index < -0.39 is 0 Å². The third kappa shape index (κ3) is 28.9. The van der Waals surface area contributed by atoms with Crippen molar-refractivity contribution in [2.24, 2.45) is 0 Å². The van der Waals surface area contributed by atoms with Crippen LogP contribution in [0.4, 0.5) is 0 Å².